The first-order chi connectivity index (χ1) is 9.46. The van der Waals surface area contributed by atoms with Crippen molar-refractivity contribution in [1.29, 1.82) is 0 Å². The summed E-state index contributed by atoms with van der Waals surface area (Å²) in [5.74, 6) is 0.970. The van der Waals surface area contributed by atoms with Crippen molar-refractivity contribution in [1.82, 2.24) is 4.57 Å². The normalized spacial score (nSPS) is 25.9. The van der Waals surface area contributed by atoms with Gasteiger partial charge in [-0.3, -0.25) is 0 Å². The first-order valence-electron chi connectivity index (χ1n) is 8.41. The smallest absolute Gasteiger partial charge is 0.0318 e. The van der Waals surface area contributed by atoms with Crippen LogP contribution in [-0.2, 0) is 13.0 Å². The van der Waals surface area contributed by atoms with Crippen LogP contribution in [0, 0.1) is 18.3 Å². The fourth-order valence-corrected chi connectivity index (χ4v) is 4.43. The lowest BCUT2D eigenvalue weighted by atomic mass is 9.74. The molecule has 1 aromatic rings. The maximum absolute atomic E-state index is 6.41. The maximum atomic E-state index is 6.41. The molecule has 2 heteroatoms. The molecule has 1 heterocycles. The van der Waals surface area contributed by atoms with E-state index in [1.165, 1.54) is 62.0 Å². The van der Waals surface area contributed by atoms with E-state index in [-0.39, 0.29) is 6.04 Å². The second kappa shape index (κ2) is 5.22. The zero-order valence-corrected chi connectivity index (χ0v) is 13.4. The quantitative estimate of drug-likeness (QED) is 0.873. The minimum absolute atomic E-state index is 0.236. The van der Waals surface area contributed by atoms with Gasteiger partial charge in [0.15, 0.2) is 0 Å². The summed E-state index contributed by atoms with van der Waals surface area (Å²) < 4.78 is 2.58. The van der Waals surface area contributed by atoms with E-state index in [1.54, 1.807) is 0 Å². The summed E-state index contributed by atoms with van der Waals surface area (Å²) in [4.78, 5) is 0. The molecule has 1 unspecified atom stereocenters. The van der Waals surface area contributed by atoms with Crippen LogP contribution in [0.1, 0.15) is 75.4 Å². The van der Waals surface area contributed by atoms with Crippen LogP contribution in [0.15, 0.2) is 6.07 Å². The molecular formula is C18H30N2. The lowest BCUT2D eigenvalue weighted by Crippen LogP contribution is -2.30. The van der Waals surface area contributed by atoms with E-state index in [0.717, 1.165) is 12.3 Å². The summed E-state index contributed by atoms with van der Waals surface area (Å²) in [6, 6.07) is 2.59. The number of fused-ring (bicyclic) bond motifs is 1. The zero-order chi connectivity index (χ0) is 14.3. The van der Waals surface area contributed by atoms with Gasteiger partial charge >= 0.3 is 0 Å². The minimum Gasteiger partial charge on any atom is -0.349 e. The highest BCUT2D eigenvalue weighted by molar-refractivity contribution is 5.34. The Bertz CT molecular complexity index is 478. The van der Waals surface area contributed by atoms with E-state index in [9.17, 15) is 0 Å². The van der Waals surface area contributed by atoms with Gasteiger partial charge in [0.05, 0.1) is 0 Å². The summed E-state index contributed by atoms with van der Waals surface area (Å²) in [6.07, 6.45) is 9.47. The molecule has 1 saturated carbocycles. The largest absolute Gasteiger partial charge is 0.349 e. The Balaban J connectivity index is 1.80. The van der Waals surface area contributed by atoms with E-state index in [4.69, 9.17) is 5.73 Å². The van der Waals surface area contributed by atoms with Crippen molar-refractivity contribution in [2.75, 3.05) is 0 Å². The van der Waals surface area contributed by atoms with Crippen molar-refractivity contribution in [3.05, 3.63) is 23.0 Å². The third-order valence-corrected chi connectivity index (χ3v) is 5.50. The van der Waals surface area contributed by atoms with Gasteiger partial charge in [-0.2, -0.15) is 0 Å². The number of nitrogens with two attached hydrogens (primary N) is 1. The van der Waals surface area contributed by atoms with Crippen molar-refractivity contribution in [2.24, 2.45) is 17.1 Å². The Morgan fingerprint density at radius 2 is 2.00 bits per heavy atom. The van der Waals surface area contributed by atoms with E-state index in [2.05, 4.69) is 31.4 Å². The lowest BCUT2D eigenvalue weighted by Gasteiger charge is -2.34. The van der Waals surface area contributed by atoms with Crippen molar-refractivity contribution in [3.63, 3.8) is 0 Å². The number of nitrogens with zero attached hydrogens (tertiary/aromatic N) is 1. The Morgan fingerprint density at radius 1 is 1.30 bits per heavy atom. The highest BCUT2D eigenvalue weighted by Crippen LogP contribution is 2.41. The summed E-state index contributed by atoms with van der Waals surface area (Å²) in [5, 5.41) is 0. The number of aryl methyl sites for hydroxylation is 1. The van der Waals surface area contributed by atoms with E-state index in [1.807, 2.05) is 0 Å². The SMILES string of the molecule is Cc1cc2c(n1CCC1CCCC1)CC(C)(C)CC2N. The summed E-state index contributed by atoms with van der Waals surface area (Å²) in [5.41, 5.74) is 11.1. The average Bonchev–Trinajstić information content (AvgIpc) is 2.94. The minimum atomic E-state index is 0.236. The molecule has 1 fully saturated rings. The maximum Gasteiger partial charge on any atom is 0.0318 e. The van der Waals surface area contributed by atoms with E-state index >= 15 is 0 Å². The predicted octanol–water partition coefficient (Wildman–Crippen LogP) is 4.35. The van der Waals surface area contributed by atoms with Gasteiger partial charge in [-0.1, -0.05) is 39.5 Å². The van der Waals surface area contributed by atoms with Crippen molar-refractivity contribution in [3.8, 4) is 0 Å². The molecule has 1 aromatic heterocycles. The molecule has 0 saturated heterocycles. The molecule has 0 bridgehead atoms. The van der Waals surface area contributed by atoms with Crippen molar-refractivity contribution < 1.29 is 0 Å². The van der Waals surface area contributed by atoms with Crippen LogP contribution in [0.5, 0.6) is 0 Å². The monoisotopic (exact) mass is 274 g/mol. The predicted molar refractivity (Wildman–Crippen MR) is 84.8 cm³/mol. The summed E-state index contributed by atoms with van der Waals surface area (Å²) in [7, 11) is 0. The van der Waals surface area contributed by atoms with Gasteiger partial charge in [0, 0.05) is 24.0 Å². The molecular weight excluding hydrogens is 244 g/mol. The Kier molecular flexibility index (Phi) is 3.70. The fraction of sp³-hybridized carbons (Fsp3) is 0.778. The lowest BCUT2D eigenvalue weighted by molar-refractivity contribution is 0.273. The first-order valence-corrected chi connectivity index (χ1v) is 8.41. The van der Waals surface area contributed by atoms with E-state index < -0.39 is 0 Å². The third-order valence-electron chi connectivity index (χ3n) is 5.50. The fourth-order valence-electron chi connectivity index (χ4n) is 4.43. The van der Waals surface area contributed by atoms with Crippen LogP contribution < -0.4 is 5.73 Å². The van der Waals surface area contributed by atoms with Crippen LogP contribution in [0.25, 0.3) is 0 Å². The highest BCUT2D eigenvalue weighted by Gasteiger charge is 2.33. The topological polar surface area (TPSA) is 30.9 Å². The summed E-state index contributed by atoms with van der Waals surface area (Å²) in [6.45, 7) is 8.18. The molecule has 1 atom stereocenters. The van der Waals surface area contributed by atoms with Gasteiger partial charge in [-0.15, -0.1) is 0 Å². The molecule has 0 radical (unpaired) electrons. The van der Waals surface area contributed by atoms with Crippen LogP contribution in [0.3, 0.4) is 0 Å². The van der Waals surface area contributed by atoms with Crippen LogP contribution in [0.2, 0.25) is 0 Å². The Labute approximate surface area is 123 Å². The molecule has 20 heavy (non-hydrogen) atoms. The van der Waals surface area contributed by atoms with Gasteiger partial charge < -0.3 is 10.3 Å². The van der Waals surface area contributed by atoms with Gasteiger partial charge in [-0.05, 0) is 49.1 Å². The first kappa shape index (κ1) is 14.2. The number of hydrogen-bond donors (Lipinski definition) is 1. The zero-order valence-electron chi connectivity index (χ0n) is 13.4. The van der Waals surface area contributed by atoms with Gasteiger partial charge in [0.25, 0.3) is 0 Å². The standard InChI is InChI=1S/C18H30N2/c1-13-10-15-16(19)11-18(2,3)12-17(15)20(13)9-8-14-6-4-5-7-14/h10,14,16H,4-9,11-12,19H2,1-3H3. The molecule has 2 aliphatic carbocycles. The van der Waals surface area contributed by atoms with Gasteiger partial charge in [0.2, 0.25) is 0 Å². The van der Waals surface area contributed by atoms with E-state index in [0.29, 0.717) is 5.41 Å². The molecule has 2 N–H and O–H groups in total. The second-order valence-electron chi connectivity index (χ2n) is 7.93. The Morgan fingerprint density at radius 3 is 2.70 bits per heavy atom. The number of rotatable bonds is 3. The molecule has 2 aliphatic rings. The molecule has 112 valence electrons. The van der Waals surface area contributed by atoms with Crippen LogP contribution in [-0.4, -0.2) is 4.57 Å². The molecule has 0 aromatic carbocycles. The van der Waals surface area contributed by atoms with Gasteiger partial charge in [0.1, 0.15) is 0 Å². The van der Waals surface area contributed by atoms with Crippen LogP contribution >= 0.6 is 0 Å². The average molecular weight is 274 g/mol. The third kappa shape index (κ3) is 2.67. The van der Waals surface area contributed by atoms with Crippen molar-refractivity contribution in [2.45, 2.75) is 78.3 Å². The molecule has 0 aliphatic heterocycles. The van der Waals surface area contributed by atoms with Crippen molar-refractivity contribution >= 4 is 0 Å². The molecule has 0 amide bonds. The highest BCUT2D eigenvalue weighted by atomic mass is 15.0. The number of aromatic nitrogens is 1. The summed E-state index contributed by atoms with van der Waals surface area (Å²) >= 11 is 0. The van der Waals surface area contributed by atoms with Crippen LogP contribution in [0.4, 0.5) is 0 Å². The number of hydrogen-bond acceptors (Lipinski definition) is 1. The van der Waals surface area contributed by atoms with Gasteiger partial charge in [-0.25, -0.2) is 0 Å². The second-order valence-corrected chi connectivity index (χ2v) is 7.93. The Hall–Kier alpha value is -0.760. The molecule has 2 nitrogen and oxygen atoms in total. The molecule has 0 spiro atoms. The molecule has 3 rings (SSSR count).